The van der Waals surface area contributed by atoms with E-state index < -0.39 is 27.8 Å². The Kier molecular flexibility index (Phi) is 8.31. The topological polar surface area (TPSA) is 90.9 Å². The van der Waals surface area contributed by atoms with E-state index in [0.717, 1.165) is 15.8 Å². The van der Waals surface area contributed by atoms with Gasteiger partial charge in [0.15, 0.2) is 0 Å². The van der Waals surface area contributed by atoms with E-state index in [1.54, 1.807) is 57.5 Å². The number of hydrogen-bond acceptors (Lipinski definition) is 6. The van der Waals surface area contributed by atoms with Crippen molar-refractivity contribution in [2.24, 2.45) is 0 Å². The maximum Gasteiger partial charge on any atom is 0.253 e. The molecule has 0 N–H and O–H groups in total. The van der Waals surface area contributed by atoms with Gasteiger partial charge in [-0.1, -0.05) is 17.7 Å². The number of carbonyl (C=O) groups is 2. The molecule has 12 heteroatoms. The van der Waals surface area contributed by atoms with Crippen LogP contribution in [0.2, 0.25) is 4.34 Å². The summed E-state index contributed by atoms with van der Waals surface area (Å²) in [7, 11) is -0.999. The molecular formula is C26H26ClFN4O4S2. The largest absolute Gasteiger partial charge is 0.345 e. The van der Waals surface area contributed by atoms with Crippen LogP contribution < -0.4 is 4.90 Å². The summed E-state index contributed by atoms with van der Waals surface area (Å²) >= 11 is 7.27. The molecule has 0 bridgehead atoms. The zero-order valence-electron chi connectivity index (χ0n) is 21.0. The summed E-state index contributed by atoms with van der Waals surface area (Å²) in [5.41, 5.74) is 1.07. The van der Waals surface area contributed by atoms with Gasteiger partial charge in [0.25, 0.3) is 5.91 Å². The first-order valence-electron chi connectivity index (χ1n) is 11.7. The summed E-state index contributed by atoms with van der Waals surface area (Å²) in [6.45, 7) is 1.63. The standard InChI is InChI=1S/C26H26ClFN4O4S2/c1-17(23-9-10-24(27)37-23)16-38(35,36)32(15-19-6-4-5-12-29-19)22-11-13-31(26(22)34)21-8-7-18(14-20(21)28)25(33)30(2)3/h4-10,12,14,16,22H,11,13,15H2,1-3H3/b17-16-/t22-/m0/s1. The average Bonchev–Trinajstić information content (AvgIpc) is 3.48. The molecule has 38 heavy (non-hydrogen) atoms. The van der Waals surface area contributed by atoms with E-state index in [0.29, 0.717) is 20.5 Å². The Bertz CT molecular complexity index is 1490. The SMILES string of the molecule is C/C(=C/S(=O)(=O)N(Cc1ccccn1)[C@H]1CCN(c2ccc(C(=O)N(C)C)cc2F)C1=O)c1ccc(Cl)s1. The number of halogens is 2. The van der Waals surface area contributed by atoms with Crippen LogP contribution in [0, 0.1) is 5.82 Å². The highest BCUT2D eigenvalue weighted by molar-refractivity contribution is 7.92. The third kappa shape index (κ3) is 5.96. The average molecular weight is 577 g/mol. The molecule has 2 aromatic heterocycles. The molecule has 1 aliphatic rings. The number of nitrogens with zero attached hydrogens (tertiary/aromatic N) is 4. The van der Waals surface area contributed by atoms with E-state index in [1.165, 1.54) is 33.3 Å². The smallest absolute Gasteiger partial charge is 0.253 e. The van der Waals surface area contributed by atoms with Crippen molar-refractivity contribution in [3.8, 4) is 0 Å². The van der Waals surface area contributed by atoms with Crippen LogP contribution in [0.15, 0.2) is 60.1 Å². The predicted octanol–water partition coefficient (Wildman–Crippen LogP) is 4.64. The maximum absolute atomic E-state index is 15.0. The van der Waals surface area contributed by atoms with Crippen LogP contribution in [0.25, 0.3) is 5.57 Å². The number of anilines is 1. The molecule has 1 aromatic carbocycles. The summed E-state index contributed by atoms with van der Waals surface area (Å²) < 4.78 is 44.0. The van der Waals surface area contributed by atoms with E-state index in [1.807, 2.05) is 0 Å². The second kappa shape index (κ2) is 11.3. The maximum atomic E-state index is 15.0. The van der Waals surface area contributed by atoms with Crippen molar-refractivity contribution in [3.05, 3.63) is 86.4 Å². The monoisotopic (exact) mass is 576 g/mol. The number of aromatic nitrogens is 1. The summed E-state index contributed by atoms with van der Waals surface area (Å²) in [4.78, 5) is 33.2. The highest BCUT2D eigenvalue weighted by atomic mass is 35.5. The van der Waals surface area contributed by atoms with Gasteiger partial charge in [0, 0.05) is 37.3 Å². The Balaban J connectivity index is 1.67. The lowest BCUT2D eigenvalue weighted by Crippen LogP contribution is -2.44. The van der Waals surface area contributed by atoms with Gasteiger partial charge in [0.1, 0.15) is 11.9 Å². The molecule has 3 aromatic rings. The van der Waals surface area contributed by atoms with Crippen molar-refractivity contribution in [1.29, 1.82) is 0 Å². The molecule has 0 spiro atoms. The van der Waals surface area contributed by atoms with E-state index in [-0.39, 0.29) is 36.7 Å². The number of rotatable bonds is 8. The molecule has 0 aliphatic carbocycles. The minimum atomic E-state index is -4.11. The summed E-state index contributed by atoms with van der Waals surface area (Å²) in [6, 6.07) is 11.4. The van der Waals surface area contributed by atoms with Crippen molar-refractivity contribution in [2.75, 3.05) is 25.5 Å². The number of carbonyl (C=O) groups excluding carboxylic acids is 2. The molecule has 1 aliphatic heterocycles. The molecule has 4 rings (SSSR count). The van der Waals surface area contributed by atoms with Gasteiger partial charge in [0.2, 0.25) is 15.9 Å². The number of pyridine rings is 1. The van der Waals surface area contributed by atoms with Gasteiger partial charge in [-0.3, -0.25) is 14.6 Å². The Morgan fingerprint density at radius 3 is 2.61 bits per heavy atom. The molecule has 1 fully saturated rings. The van der Waals surface area contributed by atoms with E-state index in [2.05, 4.69) is 4.98 Å². The van der Waals surface area contributed by atoms with E-state index >= 15 is 4.39 Å². The Morgan fingerprint density at radius 2 is 2.00 bits per heavy atom. The van der Waals surface area contributed by atoms with Gasteiger partial charge in [0.05, 0.1) is 27.7 Å². The molecule has 2 amide bonds. The fourth-order valence-electron chi connectivity index (χ4n) is 4.19. The zero-order valence-corrected chi connectivity index (χ0v) is 23.4. The fourth-order valence-corrected chi connectivity index (χ4v) is 6.85. The first-order chi connectivity index (χ1) is 18.0. The number of benzene rings is 1. The third-order valence-electron chi connectivity index (χ3n) is 6.07. The Labute approximate surface area is 230 Å². The molecule has 200 valence electrons. The minimum absolute atomic E-state index is 0.0112. The Hall–Kier alpha value is -3.12. The third-order valence-corrected chi connectivity index (χ3v) is 9.13. The van der Waals surface area contributed by atoms with Gasteiger partial charge < -0.3 is 9.80 Å². The van der Waals surface area contributed by atoms with E-state index in [4.69, 9.17) is 11.6 Å². The molecule has 0 saturated carbocycles. The summed E-state index contributed by atoms with van der Waals surface area (Å²) in [6.07, 6.45) is 1.70. The highest BCUT2D eigenvalue weighted by Crippen LogP contribution is 2.32. The summed E-state index contributed by atoms with van der Waals surface area (Å²) in [5, 5.41) is 1.12. The number of hydrogen-bond donors (Lipinski definition) is 0. The number of thiophene rings is 1. The molecule has 0 radical (unpaired) electrons. The van der Waals surface area contributed by atoms with Crippen molar-refractivity contribution >= 4 is 56.0 Å². The fraction of sp³-hybridized carbons (Fsp3) is 0.269. The van der Waals surface area contributed by atoms with Crippen LogP contribution in [0.4, 0.5) is 10.1 Å². The second-order valence-corrected chi connectivity index (χ2v) is 12.4. The zero-order chi connectivity index (χ0) is 27.6. The first kappa shape index (κ1) is 27.9. The second-order valence-electron chi connectivity index (χ2n) is 8.98. The Morgan fingerprint density at radius 1 is 1.24 bits per heavy atom. The molecule has 0 unspecified atom stereocenters. The van der Waals surface area contributed by atoms with Gasteiger partial charge in [-0.25, -0.2) is 12.8 Å². The van der Waals surface area contributed by atoms with Crippen LogP contribution in [0.5, 0.6) is 0 Å². The normalized spacial score (nSPS) is 16.4. The quantitative estimate of drug-likeness (QED) is 0.390. The molecule has 1 saturated heterocycles. The number of allylic oxidation sites excluding steroid dienone is 1. The molecule has 8 nitrogen and oxygen atoms in total. The van der Waals surface area contributed by atoms with Gasteiger partial charge in [-0.15, -0.1) is 11.3 Å². The van der Waals surface area contributed by atoms with Gasteiger partial charge in [-0.2, -0.15) is 4.31 Å². The summed E-state index contributed by atoms with van der Waals surface area (Å²) in [5.74, 6) is -1.67. The number of amides is 2. The van der Waals surface area contributed by atoms with Crippen LogP contribution in [0.1, 0.15) is 34.3 Å². The van der Waals surface area contributed by atoms with Crippen LogP contribution in [-0.2, 0) is 21.4 Å². The van der Waals surface area contributed by atoms with Crippen molar-refractivity contribution in [1.82, 2.24) is 14.2 Å². The van der Waals surface area contributed by atoms with Gasteiger partial charge in [-0.05, 0) is 61.4 Å². The molecule has 3 heterocycles. The molecule has 1 atom stereocenters. The first-order valence-corrected chi connectivity index (χ1v) is 14.4. The van der Waals surface area contributed by atoms with Crippen molar-refractivity contribution < 1.29 is 22.4 Å². The highest BCUT2D eigenvalue weighted by Gasteiger charge is 2.42. The lowest BCUT2D eigenvalue weighted by atomic mass is 10.1. The number of sulfonamides is 1. The van der Waals surface area contributed by atoms with E-state index in [9.17, 15) is 18.0 Å². The van der Waals surface area contributed by atoms with Crippen LogP contribution in [0.3, 0.4) is 0 Å². The van der Waals surface area contributed by atoms with Crippen molar-refractivity contribution in [2.45, 2.75) is 25.9 Å². The lowest BCUT2D eigenvalue weighted by Gasteiger charge is -2.26. The van der Waals surface area contributed by atoms with Crippen molar-refractivity contribution in [3.63, 3.8) is 0 Å². The minimum Gasteiger partial charge on any atom is -0.345 e. The lowest BCUT2D eigenvalue weighted by molar-refractivity contribution is -0.120. The molecular weight excluding hydrogens is 551 g/mol. The van der Waals surface area contributed by atoms with Crippen LogP contribution >= 0.6 is 22.9 Å². The van der Waals surface area contributed by atoms with Gasteiger partial charge >= 0.3 is 0 Å². The van der Waals surface area contributed by atoms with Crippen LogP contribution in [-0.4, -0.2) is 61.1 Å². The predicted molar refractivity (Wildman–Crippen MR) is 147 cm³/mol.